The van der Waals surface area contributed by atoms with Gasteiger partial charge in [-0.1, -0.05) is 84.3 Å². The number of hydrogen-bond acceptors (Lipinski definition) is 26. The molecule has 0 amide bonds. The van der Waals surface area contributed by atoms with Crippen LogP contribution in [0.3, 0.4) is 0 Å². The number of nitriles is 3. The second kappa shape index (κ2) is 43.0. The van der Waals surface area contributed by atoms with Crippen molar-refractivity contribution in [3.63, 3.8) is 0 Å². The van der Waals surface area contributed by atoms with Crippen molar-refractivity contribution in [3.8, 4) is 29.7 Å². The van der Waals surface area contributed by atoms with E-state index in [0.717, 1.165) is 44.9 Å². The van der Waals surface area contributed by atoms with Crippen LogP contribution in [0, 0.1) is 64.7 Å². The Bertz CT molecular complexity index is 2730. The van der Waals surface area contributed by atoms with Gasteiger partial charge in [-0.05, 0) is 71.4 Å². The SMILES string of the molecule is CC#N.CC#N.CC#N.[Fe+4].[Fe+4].[O-][Cl+3]([O-])([O-])[O-].[O-][Cl+3]([O-])([O-])[O-].[O-][Cl+3]([O-])([O-])[O-].[O-]c1cccc2ccc(CN(Cc3ccccn3)Cc3ccccn3)nc12.[O-]c1cccc2ccc(CN(Cc3ccccn3)Cc3ccccn3)nc12.[OH-]. The van der Waals surface area contributed by atoms with E-state index < -0.39 is 30.7 Å². The topological polar surface area (TPSA) is 508 Å². The molecule has 0 aliphatic rings. The Morgan fingerprint density at radius 3 is 0.790 bits per heavy atom. The number of halogens is 3. The summed E-state index contributed by atoms with van der Waals surface area (Å²) in [6, 6.07) is 47.2. The molecule has 6 aromatic heterocycles. The van der Waals surface area contributed by atoms with Gasteiger partial charge in [0.1, 0.15) is 0 Å². The molecule has 0 unspecified atom stereocenters. The molecule has 1 N–H and O–H groups in total. The summed E-state index contributed by atoms with van der Waals surface area (Å²) >= 11 is 0. The summed E-state index contributed by atoms with van der Waals surface area (Å²) in [7, 11) is -14.8. The van der Waals surface area contributed by atoms with Gasteiger partial charge in [0.2, 0.25) is 0 Å². The Hall–Kier alpha value is -6.76. The maximum atomic E-state index is 12.1. The fourth-order valence-electron chi connectivity index (χ4n) is 6.17. The zero-order chi connectivity index (χ0) is 58.6. The molecular weight excluding hydrogens is 1210 g/mol. The third kappa shape index (κ3) is 41.0. The molecule has 6 heterocycles. The first-order chi connectivity index (χ1) is 36.8. The standard InChI is InChI=1S/2C22H20N4O.3C2H3N.3ClHO4.2Fe.H2O/c2*27-21-9-5-6-17-10-11-20(25-22(17)21)16-26(14-18-7-1-3-12-23-18)15-19-8-2-4-13-24-19;3*1-2-3;3*2-1(3,4)5;;;/h2*1-13,27H,14-16H2;3*1H3;3*(H,2,3,4,5);;;1H2/q;;;;;;;;2*+4;/p-6. The van der Waals surface area contributed by atoms with E-state index in [9.17, 15) is 10.2 Å². The van der Waals surface area contributed by atoms with Crippen molar-refractivity contribution in [2.75, 3.05) is 0 Å². The molecule has 0 aliphatic heterocycles. The Balaban J connectivity index is -0.00000105. The molecule has 81 heavy (non-hydrogen) atoms. The summed E-state index contributed by atoms with van der Waals surface area (Å²) in [5.74, 6) is -0.0919. The van der Waals surface area contributed by atoms with Crippen LogP contribution >= 0.6 is 0 Å². The molecule has 0 atom stereocenters. The Morgan fingerprint density at radius 2 is 0.580 bits per heavy atom. The number of fused-ring (bicyclic) bond motifs is 2. The van der Waals surface area contributed by atoms with Crippen molar-refractivity contribution >= 4 is 21.8 Å². The molecule has 31 heteroatoms. The average Bonchev–Trinajstić information content (AvgIpc) is 3.35. The van der Waals surface area contributed by atoms with Crippen LogP contribution < -0.4 is 66.1 Å². The molecule has 0 bridgehead atoms. The molecule has 26 nitrogen and oxygen atoms in total. The van der Waals surface area contributed by atoms with Crippen LogP contribution in [-0.2, 0) is 73.4 Å². The van der Waals surface area contributed by atoms with Crippen LogP contribution in [-0.4, -0.2) is 45.2 Å². The van der Waals surface area contributed by atoms with E-state index in [2.05, 4.69) is 39.7 Å². The molecule has 0 radical (unpaired) electrons. The molecule has 0 spiro atoms. The van der Waals surface area contributed by atoms with Crippen molar-refractivity contribution in [1.82, 2.24) is 39.7 Å². The van der Waals surface area contributed by atoms with Gasteiger partial charge in [-0.25, -0.2) is 55.9 Å². The monoisotopic (exact) mass is 1260 g/mol. The van der Waals surface area contributed by atoms with E-state index >= 15 is 0 Å². The minimum atomic E-state index is -4.94. The maximum absolute atomic E-state index is 12.1. The molecule has 428 valence electrons. The predicted octanol–water partition coefficient (Wildman–Crippen LogP) is -6.26. The second-order valence-electron chi connectivity index (χ2n) is 14.6. The summed E-state index contributed by atoms with van der Waals surface area (Å²) in [5, 5.41) is 47.9. The molecule has 8 rings (SSSR count). The minimum Gasteiger partial charge on any atom is -0.871 e. The summed E-state index contributed by atoms with van der Waals surface area (Å²) in [5.41, 5.74) is 6.70. The van der Waals surface area contributed by atoms with Gasteiger partial charge in [-0.2, -0.15) is 15.8 Å². The van der Waals surface area contributed by atoms with Crippen molar-refractivity contribution in [2.24, 2.45) is 0 Å². The number of benzene rings is 2. The molecule has 2 aromatic carbocycles. The molecule has 0 saturated heterocycles. The molecule has 0 fully saturated rings. The van der Waals surface area contributed by atoms with Gasteiger partial charge in [0.25, 0.3) is 0 Å². The smallest absolute Gasteiger partial charge is 0.871 e. The second-order valence-corrected chi connectivity index (χ2v) is 16.9. The van der Waals surface area contributed by atoms with E-state index in [1.54, 1.807) is 67.3 Å². The van der Waals surface area contributed by atoms with Crippen molar-refractivity contribution in [3.05, 3.63) is 192 Å². The minimum absolute atomic E-state index is 0. The van der Waals surface area contributed by atoms with Crippen LogP contribution in [0.2, 0.25) is 0 Å². The number of hydrogen-bond donors (Lipinski definition) is 0. The Morgan fingerprint density at radius 1 is 0.358 bits per heavy atom. The Kier molecular flexibility index (Phi) is 41.7. The van der Waals surface area contributed by atoms with Crippen molar-refractivity contribution in [1.29, 1.82) is 15.8 Å². The fraction of sp³-hybridized carbons (Fsp3) is 0.180. The van der Waals surface area contributed by atoms with E-state index in [0.29, 0.717) is 50.3 Å². The number of para-hydroxylation sites is 2. The third-order valence-electron chi connectivity index (χ3n) is 8.70. The third-order valence-corrected chi connectivity index (χ3v) is 8.70. The van der Waals surface area contributed by atoms with Crippen LogP contribution in [0.4, 0.5) is 0 Å². The van der Waals surface area contributed by atoms with E-state index in [1.807, 2.05) is 109 Å². The molecule has 0 aliphatic carbocycles. The van der Waals surface area contributed by atoms with Crippen molar-refractivity contribution < 1.29 is 136 Å². The quantitative estimate of drug-likeness (QED) is 0.103. The summed E-state index contributed by atoms with van der Waals surface area (Å²) < 4.78 is 102. The van der Waals surface area contributed by atoms with Gasteiger partial charge < -0.3 is 15.7 Å². The molecule has 8 aromatic rings. The zero-order valence-electron chi connectivity index (χ0n) is 42.7. The average molecular weight is 1260 g/mol. The van der Waals surface area contributed by atoms with Crippen LogP contribution in [0.1, 0.15) is 54.9 Å². The summed E-state index contributed by atoms with van der Waals surface area (Å²) in [6.45, 7) is 8.22. The van der Waals surface area contributed by atoms with E-state index in [4.69, 9.17) is 71.7 Å². The van der Waals surface area contributed by atoms with Crippen LogP contribution in [0.5, 0.6) is 11.5 Å². The number of pyridine rings is 6. The van der Waals surface area contributed by atoms with Crippen molar-refractivity contribution in [2.45, 2.75) is 60.0 Å². The molecule has 0 saturated carbocycles. The van der Waals surface area contributed by atoms with E-state index in [-0.39, 0.29) is 51.1 Å². The normalized spacial score (nSPS) is 9.95. The number of rotatable bonds is 12. The zero-order valence-corrected chi connectivity index (χ0v) is 47.2. The number of nitrogens with zero attached hydrogens (tertiary/aromatic N) is 11. The maximum Gasteiger partial charge on any atom is 4.00 e. The van der Waals surface area contributed by atoms with Gasteiger partial charge in [-0.3, -0.25) is 39.7 Å². The largest absolute Gasteiger partial charge is 4.00 e. The van der Waals surface area contributed by atoms with Gasteiger partial charge in [0.05, 0.1) is 63.4 Å². The van der Waals surface area contributed by atoms with Gasteiger partial charge >= 0.3 is 34.1 Å². The van der Waals surface area contributed by atoms with Crippen LogP contribution in [0.25, 0.3) is 21.8 Å². The predicted molar refractivity (Wildman–Crippen MR) is 241 cm³/mol. The Labute approximate surface area is 493 Å². The van der Waals surface area contributed by atoms with Gasteiger partial charge in [0, 0.05) is 84.8 Å². The first-order valence-electron chi connectivity index (χ1n) is 21.7. The summed E-state index contributed by atoms with van der Waals surface area (Å²) in [6.07, 6.45) is 7.19. The fourth-order valence-corrected chi connectivity index (χ4v) is 6.17. The first kappa shape index (κ1) is 78.5. The van der Waals surface area contributed by atoms with Gasteiger partial charge in [0.15, 0.2) is 0 Å². The molecular formula is C50H48Cl3Fe2N11O15+2. The summed E-state index contributed by atoms with van der Waals surface area (Å²) in [4.78, 5) is 31.4. The van der Waals surface area contributed by atoms with E-state index in [1.165, 1.54) is 20.8 Å². The first-order valence-corrected chi connectivity index (χ1v) is 25.4. The number of aromatic nitrogens is 6. The van der Waals surface area contributed by atoms with Gasteiger partial charge in [-0.15, -0.1) is 30.7 Å². The van der Waals surface area contributed by atoms with Crippen LogP contribution in [0.15, 0.2) is 158 Å².